The monoisotopic (exact) mass is 504 g/mol. The lowest BCUT2D eigenvalue weighted by Crippen LogP contribution is -2.43. The SMILES string of the molecule is CC(C)C(=O)N1CCC(Oc2cnc(-c3ccc(C(F)(F)F)cc3)c(-c3ccncc3Cl)n2)CC1. The maximum atomic E-state index is 13.0. The van der Waals surface area contributed by atoms with E-state index in [9.17, 15) is 18.0 Å². The van der Waals surface area contributed by atoms with Crippen LogP contribution < -0.4 is 4.74 Å². The molecule has 10 heteroatoms. The molecule has 0 N–H and O–H groups in total. The summed E-state index contributed by atoms with van der Waals surface area (Å²) in [7, 11) is 0. The van der Waals surface area contributed by atoms with Crippen molar-refractivity contribution >= 4 is 17.5 Å². The van der Waals surface area contributed by atoms with Crippen LogP contribution in [0.5, 0.6) is 5.88 Å². The minimum atomic E-state index is -4.44. The van der Waals surface area contributed by atoms with Crippen LogP contribution in [0.25, 0.3) is 22.5 Å². The van der Waals surface area contributed by atoms with Crippen LogP contribution >= 0.6 is 11.6 Å². The van der Waals surface area contributed by atoms with Gasteiger partial charge in [0.25, 0.3) is 0 Å². The smallest absolute Gasteiger partial charge is 0.416 e. The van der Waals surface area contributed by atoms with Gasteiger partial charge in [0.1, 0.15) is 11.8 Å². The fraction of sp³-hybridized carbons (Fsp3) is 0.360. The number of hydrogen-bond donors (Lipinski definition) is 0. The number of alkyl halides is 3. The molecule has 1 aliphatic heterocycles. The Morgan fingerprint density at radius 2 is 1.77 bits per heavy atom. The average molecular weight is 505 g/mol. The van der Waals surface area contributed by atoms with Gasteiger partial charge in [0.05, 0.1) is 22.5 Å². The molecular formula is C25H24ClF3N4O2. The third kappa shape index (κ3) is 5.73. The summed E-state index contributed by atoms with van der Waals surface area (Å²) in [5.41, 5.74) is 0.992. The summed E-state index contributed by atoms with van der Waals surface area (Å²) in [4.78, 5) is 27.2. The number of amides is 1. The van der Waals surface area contributed by atoms with E-state index >= 15 is 0 Å². The van der Waals surface area contributed by atoms with Gasteiger partial charge in [0.2, 0.25) is 11.8 Å². The second kappa shape index (κ2) is 10.2. The van der Waals surface area contributed by atoms with Crippen LogP contribution in [0.3, 0.4) is 0 Å². The number of nitrogens with zero attached hydrogens (tertiary/aromatic N) is 4. The quantitative estimate of drug-likeness (QED) is 0.432. The Balaban J connectivity index is 1.61. The zero-order chi connectivity index (χ0) is 25.2. The van der Waals surface area contributed by atoms with Crippen LogP contribution in [0.2, 0.25) is 5.02 Å². The molecule has 1 aromatic carbocycles. The Bertz CT molecular complexity index is 1190. The number of likely N-dealkylation sites (tertiary alicyclic amines) is 1. The molecule has 0 unspecified atom stereocenters. The largest absolute Gasteiger partial charge is 0.473 e. The molecule has 1 aliphatic rings. The van der Waals surface area contributed by atoms with E-state index in [0.717, 1.165) is 12.1 Å². The molecule has 184 valence electrons. The second-order valence-electron chi connectivity index (χ2n) is 8.63. The summed E-state index contributed by atoms with van der Waals surface area (Å²) >= 11 is 6.36. The number of pyridine rings is 1. The minimum absolute atomic E-state index is 0.0521. The van der Waals surface area contributed by atoms with Gasteiger partial charge in [-0.1, -0.05) is 37.6 Å². The predicted molar refractivity (Wildman–Crippen MR) is 126 cm³/mol. The lowest BCUT2D eigenvalue weighted by Gasteiger charge is -2.33. The molecule has 3 heterocycles. The molecule has 1 fully saturated rings. The van der Waals surface area contributed by atoms with Gasteiger partial charge in [-0.25, -0.2) is 9.97 Å². The van der Waals surface area contributed by atoms with E-state index in [-0.39, 0.29) is 23.8 Å². The highest BCUT2D eigenvalue weighted by Crippen LogP contribution is 2.36. The highest BCUT2D eigenvalue weighted by Gasteiger charge is 2.30. The number of hydrogen-bond acceptors (Lipinski definition) is 5. The van der Waals surface area contributed by atoms with E-state index in [2.05, 4.69) is 15.0 Å². The molecule has 0 aliphatic carbocycles. The first-order valence-electron chi connectivity index (χ1n) is 11.2. The van der Waals surface area contributed by atoms with E-state index in [4.69, 9.17) is 16.3 Å². The van der Waals surface area contributed by atoms with Crippen molar-refractivity contribution in [2.75, 3.05) is 13.1 Å². The number of halogens is 4. The molecule has 0 bridgehead atoms. The van der Waals surface area contributed by atoms with Crippen molar-refractivity contribution in [1.29, 1.82) is 0 Å². The lowest BCUT2D eigenvalue weighted by molar-refractivity contribution is -0.138. The molecule has 0 radical (unpaired) electrons. The molecular weight excluding hydrogens is 481 g/mol. The van der Waals surface area contributed by atoms with E-state index in [1.807, 2.05) is 18.7 Å². The normalized spacial score (nSPS) is 14.9. The summed E-state index contributed by atoms with van der Waals surface area (Å²) in [6.45, 7) is 4.96. The third-order valence-electron chi connectivity index (χ3n) is 5.80. The second-order valence-corrected chi connectivity index (χ2v) is 9.04. The Morgan fingerprint density at radius 1 is 1.09 bits per heavy atom. The Morgan fingerprint density at radius 3 is 2.37 bits per heavy atom. The van der Waals surface area contributed by atoms with Crippen LogP contribution in [0.4, 0.5) is 13.2 Å². The first-order chi connectivity index (χ1) is 16.6. The minimum Gasteiger partial charge on any atom is -0.473 e. The summed E-state index contributed by atoms with van der Waals surface area (Å²) in [6, 6.07) is 6.39. The molecule has 4 rings (SSSR count). The Kier molecular flexibility index (Phi) is 7.25. The van der Waals surface area contributed by atoms with Crippen LogP contribution in [0.15, 0.2) is 48.9 Å². The fourth-order valence-electron chi connectivity index (χ4n) is 3.94. The van der Waals surface area contributed by atoms with Crippen molar-refractivity contribution in [1.82, 2.24) is 19.9 Å². The first-order valence-corrected chi connectivity index (χ1v) is 11.6. The number of carbonyl (C=O) groups is 1. The van der Waals surface area contributed by atoms with Crippen LogP contribution in [0, 0.1) is 5.92 Å². The highest BCUT2D eigenvalue weighted by atomic mass is 35.5. The van der Waals surface area contributed by atoms with Crippen molar-refractivity contribution in [2.45, 2.75) is 39.0 Å². The number of rotatable bonds is 5. The van der Waals surface area contributed by atoms with Gasteiger partial charge >= 0.3 is 6.18 Å². The molecule has 6 nitrogen and oxygen atoms in total. The maximum absolute atomic E-state index is 13.0. The van der Waals surface area contributed by atoms with Crippen molar-refractivity contribution < 1.29 is 22.7 Å². The molecule has 0 spiro atoms. The summed E-state index contributed by atoms with van der Waals surface area (Å²) in [5.74, 6) is 0.347. The van der Waals surface area contributed by atoms with Crippen LogP contribution in [-0.4, -0.2) is 45.0 Å². The first kappa shape index (κ1) is 24.9. The summed E-state index contributed by atoms with van der Waals surface area (Å²) in [6.07, 6.45) is 1.21. The van der Waals surface area contributed by atoms with Gasteiger partial charge in [-0.05, 0) is 18.2 Å². The van der Waals surface area contributed by atoms with Gasteiger partial charge in [-0.2, -0.15) is 13.2 Å². The van der Waals surface area contributed by atoms with E-state index < -0.39 is 11.7 Å². The number of carbonyl (C=O) groups excluding carboxylic acids is 1. The standard InChI is InChI=1S/C25H24ClF3N4O2/c1-15(2)24(34)33-11-8-18(9-12-33)35-21-14-31-22(16-3-5-17(6-4-16)25(27,28)29)23(32-21)19-7-10-30-13-20(19)26/h3-7,10,13-15,18H,8-9,11-12H2,1-2H3. The maximum Gasteiger partial charge on any atom is 0.416 e. The van der Waals surface area contributed by atoms with Gasteiger partial charge in [-0.15, -0.1) is 0 Å². The van der Waals surface area contributed by atoms with Crippen molar-refractivity contribution in [3.05, 3.63) is 59.5 Å². The van der Waals surface area contributed by atoms with Gasteiger partial charge in [0, 0.05) is 55.4 Å². The van der Waals surface area contributed by atoms with Gasteiger partial charge in [-0.3, -0.25) is 9.78 Å². The average Bonchev–Trinajstić information content (AvgIpc) is 2.84. The molecule has 0 saturated carbocycles. The molecule has 35 heavy (non-hydrogen) atoms. The van der Waals surface area contributed by atoms with Crippen LogP contribution in [-0.2, 0) is 11.0 Å². The molecule has 2 aromatic heterocycles. The lowest BCUT2D eigenvalue weighted by atomic mass is 10.0. The van der Waals surface area contributed by atoms with Crippen molar-refractivity contribution in [2.24, 2.45) is 5.92 Å². The number of aromatic nitrogens is 3. The molecule has 1 amide bonds. The van der Waals surface area contributed by atoms with E-state index in [1.165, 1.54) is 24.5 Å². The van der Waals surface area contributed by atoms with E-state index in [1.54, 1.807) is 12.3 Å². The number of piperidine rings is 1. The molecule has 0 atom stereocenters. The fourth-order valence-corrected chi connectivity index (χ4v) is 4.15. The van der Waals surface area contributed by atoms with Gasteiger partial charge in [0.15, 0.2) is 0 Å². The zero-order valence-corrected chi connectivity index (χ0v) is 20.0. The topological polar surface area (TPSA) is 68.2 Å². The number of benzene rings is 1. The molecule has 1 saturated heterocycles. The third-order valence-corrected chi connectivity index (χ3v) is 6.10. The van der Waals surface area contributed by atoms with Crippen molar-refractivity contribution in [3.63, 3.8) is 0 Å². The van der Waals surface area contributed by atoms with E-state index in [0.29, 0.717) is 53.5 Å². The van der Waals surface area contributed by atoms with Gasteiger partial charge < -0.3 is 9.64 Å². The Labute approximate surface area is 206 Å². The summed E-state index contributed by atoms with van der Waals surface area (Å²) < 4.78 is 45.1. The predicted octanol–water partition coefficient (Wildman–Crippen LogP) is 5.90. The van der Waals surface area contributed by atoms with Crippen LogP contribution in [0.1, 0.15) is 32.3 Å². The van der Waals surface area contributed by atoms with Crippen molar-refractivity contribution in [3.8, 4) is 28.4 Å². The highest BCUT2D eigenvalue weighted by molar-refractivity contribution is 6.33. The Hall–Kier alpha value is -3.20. The number of ether oxygens (including phenoxy) is 1. The zero-order valence-electron chi connectivity index (χ0n) is 19.2. The molecule has 3 aromatic rings. The summed E-state index contributed by atoms with van der Waals surface area (Å²) in [5, 5.41) is 0.326.